The highest BCUT2D eigenvalue weighted by molar-refractivity contribution is 7.08. The Morgan fingerprint density at radius 2 is 1.81 bits per heavy atom. The number of hydrogen-bond donors (Lipinski definition) is 1. The Labute approximate surface area is 222 Å². The van der Waals surface area contributed by atoms with Gasteiger partial charge in [-0.1, -0.05) is 24.3 Å². The zero-order chi connectivity index (χ0) is 25.5. The molecule has 192 valence electrons. The van der Waals surface area contributed by atoms with Crippen LogP contribution >= 0.6 is 11.3 Å². The van der Waals surface area contributed by atoms with Crippen LogP contribution in [0.3, 0.4) is 0 Å². The minimum absolute atomic E-state index is 0.129. The average Bonchev–Trinajstić information content (AvgIpc) is 3.65. The molecule has 2 aliphatic heterocycles. The van der Waals surface area contributed by atoms with Gasteiger partial charge in [-0.2, -0.15) is 11.3 Å². The number of amides is 1. The lowest BCUT2D eigenvalue weighted by Crippen LogP contribution is -2.38. The lowest BCUT2D eigenvalue weighted by Gasteiger charge is -2.34. The molecule has 4 heterocycles. The monoisotopic (exact) mass is 515 g/mol. The number of H-pyrrole nitrogens is 1. The Morgan fingerprint density at radius 1 is 1.03 bits per heavy atom. The minimum atomic E-state index is -0.168. The fourth-order valence-electron chi connectivity index (χ4n) is 6.43. The number of rotatable bonds is 5. The van der Waals surface area contributed by atoms with E-state index in [1.54, 1.807) is 23.5 Å². The summed E-state index contributed by atoms with van der Waals surface area (Å²) in [6, 6.07) is 15.3. The molecule has 2 fully saturated rings. The van der Waals surface area contributed by atoms with Crippen LogP contribution in [0.15, 0.2) is 59.3 Å². The molecule has 0 aliphatic carbocycles. The number of piperidine rings is 1. The van der Waals surface area contributed by atoms with Crippen molar-refractivity contribution in [1.82, 2.24) is 14.8 Å². The number of fused-ring (bicyclic) bond motifs is 1. The summed E-state index contributed by atoms with van der Waals surface area (Å²) in [4.78, 5) is 21.9. The number of nitrogens with zero attached hydrogens (tertiary/aromatic N) is 2. The normalized spacial score (nSPS) is 21.2. The predicted octanol–water partition coefficient (Wildman–Crippen LogP) is 6.72. The number of likely N-dealkylation sites (tertiary alicyclic amines) is 2. The van der Waals surface area contributed by atoms with Crippen LogP contribution in [0, 0.1) is 25.6 Å². The van der Waals surface area contributed by atoms with Crippen LogP contribution in [0.2, 0.25) is 0 Å². The number of aryl methyl sites for hydroxylation is 2. The van der Waals surface area contributed by atoms with Gasteiger partial charge in [0.25, 0.3) is 5.91 Å². The molecular formula is C31H34FN3OS. The molecule has 0 radical (unpaired) electrons. The van der Waals surface area contributed by atoms with Gasteiger partial charge in [-0.05, 0) is 103 Å². The van der Waals surface area contributed by atoms with Crippen molar-refractivity contribution in [2.24, 2.45) is 5.92 Å². The molecule has 0 saturated carbocycles. The number of para-hydroxylation sites is 1. The van der Waals surface area contributed by atoms with E-state index >= 15 is 0 Å². The number of halogens is 1. The van der Waals surface area contributed by atoms with E-state index in [0.29, 0.717) is 17.8 Å². The number of aromatic amines is 1. The van der Waals surface area contributed by atoms with Gasteiger partial charge in [0.2, 0.25) is 0 Å². The summed E-state index contributed by atoms with van der Waals surface area (Å²) in [6.07, 6.45) is 2.19. The summed E-state index contributed by atoms with van der Waals surface area (Å²) in [6.45, 7) is 8.83. The van der Waals surface area contributed by atoms with E-state index in [1.165, 1.54) is 16.7 Å². The average molecular weight is 516 g/mol. The zero-order valence-corrected chi connectivity index (χ0v) is 22.4. The summed E-state index contributed by atoms with van der Waals surface area (Å²) in [5.41, 5.74) is 6.67. The maximum atomic E-state index is 13.8. The minimum Gasteiger partial charge on any atom is -0.358 e. The number of benzene rings is 2. The van der Waals surface area contributed by atoms with Crippen LogP contribution in [0.5, 0.6) is 0 Å². The molecule has 4 aromatic rings. The number of aromatic nitrogens is 1. The van der Waals surface area contributed by atoms with E-state index in [-0.39, 0.29) is 11.7 Å². The van der Waals surface area contributed by atoms with Gasteiger partial charge in [0, 0.05) is 36.6 Å². The molecule has 2 aromatic carbocycles. The van der Waals surface area contributed by atoms with Gasteiger partial charge in [0.15, 0.2) is 0 Å². The largest absolute Gasteiger partial charge is 0.358 e. The summed E-state index contributed by atoms with van der Waals surface area (Å²) < 4.78 is 13.4. The van der Waals surface area contributed by atoms with E-state index in [0.717, 1.165) is 67.7 Å². The molecule has 0 spiro atoms. The number of carbonyl (C=O) groups excluding carboxylic acids is 1. The third-order valence-corrected chi connectivity index (χ3v) is 9.40. The standard InChI is InChI=1S/C31H34FN3OS/c1-20-21(2)33-30-27(20)4-3-5-28(30)31(36)35-17-25(29(18-35)24-12-15-37-19-24)16-34-13-10-23(11-14-34)22-6-8-26(32)9-7-22/h3-9,12,15,19,23,25,29,33H,10-11,13-14,16-18H2,1-2H3. The number of thiophene rings is 1. The van der Waals surface area contributed by atoms with Crippen LogP contribution in [0.4, 0.5) is 4.39 Å². The highest BCUT2D eigenvalue weighted by Gasteiger charge is 2.38. The van der Waals surface area contributed by atoms with Gasteiger partial charge in [0.1, 0.15) is 5.82 Å². The first-order valence-corrected chi connectivity index (χ1v) is 14.3. The topological polar surface area (TPSA) is 39.3 Å². The smallest absolute Gasteiger partial charge is 0.256 e. The van der Waals surface area contributed by atoms with Gasteiger partial charge in [-0.15, -0.1) is 0 Å². The maximum absolute atomic E-state index is 13.8. The van der Waals surface area contributed by atoms with Gasteiger partial charge in [-0.3, -0.25) is 4.79 Å². The molecule has 2 aromatic heterocycles. The predicted molar refractivity (Wildman–Crippen MR) is 149 cm³/mol. The van der Waals surface area contributed by atoms with Gasteiger partial charge in [-0.25, -0.2) is 4.39 Å². The van der Waals surface area contributed by atoms with E-state index in [2.05, 4.69) is 51.5 Å². The number of nitrogens with one attached hydrogen (secondary N) is 1. The van der Waals surface area contributed by atoms with Crippen molar-refractivity contribution in [2.45, 2.75) is 38.5 Å². The molecule has 37 heavy (non-hydrogen) atoms. The van der Waals surface area contributed by atoms with Crippen molar-refractivity contribution in [3.8, 4) is 0 Å². The second-order valence-corrected chi connectivity index (χ2v) is 11.6. The summed E-state index contributed by atoms with van der Waals surface area (Å²) in [5, 5.41) is 5.54. The van der Waals surface area contributed by atoms with Gasteiger partial charge >= 0.3 is 0 Å². The van der Waals surface area contributed by atoms with Crippen molar-refractivity contribution in [1.29, 1.82) is 0 Å². The second-order valence-electron chi connectivity index (χ2n) is 10.9. The molecule has 1 N–H and O–H groups in total. The molecule has 1 amide bonds. The van der Waals surface area contributed by atoms with Gasteiger partial charge in [0.05, 0.1) is 11.1 Å². The molecule has 4 nitrogen and oxygen atoms in total. The summed E-state index contributed by atoms with van der Waals surface area (Å²) >= 11 is 1.74. The van der Waals surface area contributed by atoms with Crippen molar-refractivity contribution in [3.05, 3.63) is 93.1 Å². The highest BCUT2D eigenvalue weighted by atomic mass is 32.1. The first-order chi connectivity index (χ1) is 18.0. The van der Waals surface area contributed by atoms with E-state index in [1.807, 2.05) is 24.3 Å². The Morgan fingerprint density at radius 3 is 2.54 bits per heavy atom. The lowest BCUT2D eigenvalue weighted by atomic mass is 9.87. The molecule has 0 bridgehead atoms. The number of hydrogen-bond acceptors (Lipinski definition) is 3. The SMILES string of the molecule is Cc1[nH]c2c(C(=O)N3CC(CN4CCC(c5ccc(F)cc5)CC4)C(c4ccsc4)C3)cccc2c1C. The fourth-order valence-corrected chi connectivity index (χ4v) is 7.16. The van der Waals surface area contributed by atoms with Crippen molar-refractivity contribution in [2.75, 3.05) is 32.7 Å². The third-order valence-electron chi connectivity index (χ3n) is 8.70. The highest BCUT2D eigenvalue weighted by Crippen LogP contribution is 2.37. The Kier molecular flexibility index (Phi) is 6.63. The Hall–Kier alpha value is -2.96. The van der Waals surface area contributed by atoms with E-state index in [4.69, 9.17) is 0 Å². The maximum Gasteiger partial charge on any atom is 0.256 e. The van der Waals surface area contributed by atoms with Crippen molar-refractivity contribution < 1.29 is 9.18 Å². The number of carbonyl (C=O) groups is 1. The van der Waals surface area contributed by atoms with Crippen LogP contribution in [0.25, 0.3) is 10.9 Å². The summed E-state index contributed by atoms with van der Waals surface area (Å²) in [7, 11) is 0. The molecule has 2 unspecified atom stereocenters. The van der Waals surface area contributed by atoms with E-state index in [9.17, 15) is 9.18 Å². The Bertz CT molecular complexity index is 1390. The van der Waals surface area contributed by atoms with Crippen molar-refractivity contribution in [3.63, 3.8) is 0 Å². The molecule has 2 aliphatic rings. The van der Waals surface area contributed by atoms with Crippen LogP contribution in [0.1, 0.15) is 57.4 Å². The molecule has 2 saturated heterocycles. The van der Waals surface area contributed by atoms with Crippen LogP contribution < -0.4 is 0 Å². The zero-order valence-electron chi connectivity index (χ0n) is 21.5. The molecule has 2 atom stereocenters. The molecular weight excluding hydrogens is 481 g/mol. The first-order valence-electron chi connectivity index (χ1n) is 13.3. The van der Waals surface area contributed by atoms with Gasteiger partial charge < -0.3 is 14.8 Å². The lowest BCUT2D eigenvalue weighted by molar-refractivity contribution is 0.0783. The Balaban J connectivity index is 1.18. The first kappa shape index (κ1) is 24.4. The molecule has 6 rings (SSSR count). The quantitative estimate of drug-likeness (QED) is 0.320. The second kappa shape index (κ2) is 10.1. The van der Waals surface area contributed by atoms with Crippen molar-refractivity contribution >= 4 is 28.1 Å². The fraction of sp³-hybridized carbons (Fsp3) is 0.387. The third kappa shape index (κ3) is 4.73. The summed E-state index contributed by atoms with van der Waals surface area (Å²) in [5.74, 6) is 1.23. The van der Waals surface area contributed by atoms with Crippen LogP contribution in [-0.4, -0.2) is 53.4 Å². The van der Waals surface area contributed by atoms with Crippen LogP contribution in [-0.2, 0) is 0 Å². The molecule has 6 heteroatoms. The van der Waals surface area contributed by atoms with E-state index < -0.39 is 0 Å².